The van der Waals surface area contributed by atoms with Crippen LogP contribution in [0.2, 0.25) is 0 Å². The molecule has 0 aliphatic carbocycles. The molecular formula is C14H16F3NO2. The fraction of sp³-hybridized carbons (Fsp3) is 0.357. The predicted molar refractivity (Wildman–Crippen MR) is 69.6 cm³/mol. The van der Waals surface area contributed by atoms with Gasteiger partial charge in [0.15, 0.2) is 11.6 Å². The third-order valence-electron chi connectivity index (χ3n) is 2.13. The Morgan fingerprint density at radius 3 is 2.45 bits per heavy atom. The SMILES string of the molecule is CC(C)(C)OC(=O)NCC=Cc1c(F)ccc(F)c1F. The number of halogens is 3. The summed E-state index contributed by atoms with van der Waals surface area (Å²) in [5, 5.41) is 2.38. The second-order valence-electron chi connectivity index (χ2n) is 5.04. The standard InChI is InChI=1S/C14H16F3NO2/c1-14(2,3)20-13(19)18-8-4-5-9-10(15)6-7-11(16)12(9)17/h4-7H,8H2,1-3H3,(H,18,19). The average molecular weight is 287 g/mol. The smallest absolute Gasteiger partial charge is 0.407 e. The van der Waals surface area contributed by atoms with Gasteiger partial charge in [-0.15, -0.1) is 0 Å². The van der Waals surface area contributed by atoms with Crippen molar-refractivity contribution in [1.29, 1.82) is 0 Å². The lowest BCUT2D eigenvalue weighted by Gasteiger charge is -2.19. The lowest BCUT2D eigenvalue weighted by Crippen LogP contribution is -2.32. The number of alkyl carbamates (subject to hydrolysis) is 1. The summed E-state index contributed by atoms with van der Waals surface area (Å²) in [6.07, 6.45) is 1.71. The number of amides is 1. The molecular weight excluding hydrogens is 271 g/mol. The van der Waals surface area contributed by atoms with Crippen LogP contribution in [0.4, 0.5) is 18.0 Å². The van der Waals surface area contributed by atoms with Crippen molar-refractivity contribution in [3.8, 4) is 0 Å². The zero-order valence-electron chi connectivity index (χ0n) is 11.5. The average Bonchev–Trinajstić information content (AvgIpc) is 2.31. The highest BCUT2D eigenvalue weighted by molar-refractivity contribution is 5.68. The zero-order chi connectivity index (χ0) is 15.3. The van der Waals surface area contributed by atoms with Gasteiger partial charge in [0.1, 0.15) is 11.4 Å². The van der Waals surface area contributed by atoms with Crippen LogP contribution in [0.1, 0.15) is 26.3 Å². The third-order valence-corrected chi connectivity index (χ3v) is 2.13. The van der Waals surface area contributed by atoms with Crippen LogP contribution in [0.15, 0.2) is 18.2 Å². The number of rotatable bonds is 3. The highest BCUT2D eigenvalue weighted by atomic mass is 19.2. The van der Waals surface area contributed by atoms with Gasteiger partial charge < -0.3 is 10.1 Å². The van der Waals surface area contributed by atoms with E-state index in [-0.39, 0.29) is 6.54 Å². The summed E-state index contributed by atoms with van der Waals surface area (Å²) in [6, 6.07) is 1.54. The Bertz CT molecular complexity index is 522. The number of hydrogen-bond acceptors (Lipinski definition) is 2. The minimum absolute atomic E-state index is 0.00427. The van der Waals surface area contributed by atoms with E-state index in [1.165, 1.54) is 6.08 Å². The van der Waals surface area contributed by atoms with Crippen molar-refractivity contribution in [3.63, 3.8) is 0 Å². The van der Waals surface area contributed by atoms with Gasteiger partial charge in [-0.1, -0.05) is 12.2 Å². The second-order valence-corrected chi connectivity index (χ2v) is 5.04. The van der Waals surface area contributed by atoms with E-state index in [0.717, 1.165) is 12.1 Å². The molecule has 0 aliphatic heterocycles. The predicted octanol–water partition coefficient (Wildman–Crippen LogP) is 3.64. The van der Waals surface area contributed by atoms with Crippen LogP contribution in [0.5, 0.6) is 0 Å². The highest BCUT2D eigenvalue weighted by Gasteiger charge is 2.15. The maximum Gasteiger partial charge on any atom is 0.407 e. The summed E-state index contributed by atoms with van der Waals surface area (Å²) in [7, 11) is 0. The van der Waals surface area contributed by atoms with Crippen LogP contribution in [0.25, 0.3) is 6.08 Å². The van der Waals surface area contributed by atoms with Crippen LogP contribution in [-0.4, -0.2) is 18.2 Å². The fourth-order valence-corrected chi connectivity index (χ4v) is 1.33. The molecule has 0 spiro atoms. The van der Waals surface area contributed by atoms with E-state index in [1.807, 2.05) is 0 Å². The molecule has 0 saturated heterocycles. The number of carbonyl (C=O) groups is 1. The van der Waals surface area contributed by atoms with E-state index in [2.05, 4.69) is 5.32 Å². The summed E-state index contributed by atoms with van der Waals surface area (Å²) in [5.41, 5.74) is -1.12. The first-order valence-electron chi connectivity index (χ1n) is 5.97. The van der Waals surface area contributed by atoms with Gasteiger partial charge in [0.05, 0.1) is 0 Å². The third kappa shape index (κ3) is 4.95. The zero-order valence-corrected chi connectivity index (χ0v) is 11.5. The van der Waals surface area contributed by atoms with Gasteiger partial charge in [-0.05, 0) is 32.9 Å². The summed E-state index contributed by atoms with van der Waals surface area (Å²) in [5.74, 6) is -3.28. The van der Waals surface area contributed by atoms with Gasteiger partial charge in [0.2, 0.25) is 0 Å². The van der Waals surface area contributed by atoms with Crippen LogP contribution in [0, 0.1) is 17.5 Å². The molecule has 0 atom stereocenters. The Hall–Kier alpha value is -1.98. The highest BCUT2D eigenvalue weighted by Crippen LogP contribution is 2.17. The number of ether oxygens (including phenoxy) is 1. The van der Waals surface area contributed by atoms with E-state index in [9.17, 15) is 18.0 Å². The topological polar surface area (TPSA) is 38.3 Å². The van der Waals surface area contributed by atoms with Gasteiger partial charge in [0.25, 0.3) is 0 Å². The van der Waals surface area contributed by atoms with Crippen molar-refractivity contribution in [2.75, 3.05) is 6.54 Å². The van der Waals surface area contributed by atoms with E-state index in [0.29, 0.717) is 6.07 Å². The molecule has 0 radical (unpaired) electrons. The second kappa shape index (κ2) is 6.45. The molecule has 1 aromatic rings. The molecule has 0 bridgehead atoms. The molecule has 0 heterocycles. The Morgan fingerprint density at radius 2 is 1.85 bits per heavy atom. The largest absolute Gasteiger partial charge is 0.444 e. The van der Waals surface area contributed by atoms with Crippen molar-refractivity contribution in [2.45, 2.75) is 26.4 Å². The molecule has 1 amide bonds. The van der Waals surface area contributed by atoms with Gasteiger partial charge in [-0.3, -0.25) is 0 Å². The van der Waals surface area contributed by atoms with Crippen molar-refractivity contribution in [3.05, 3.63) is 41.2 Å². The van der Waals surface area contributed by atoms with E-state index in [1.54, 1.807) is 20.8 Å². The molecule has 110 valence electrons. The van der Waals surface area contributed by atoms with E-state index < -0.39 is 34.7 Å². The Kier molecular flexibility index (Phi) is 5.19. The van der Waals surface area contributed by atoms with Crippen molar-refractivity contribution in [1.82, 2.24) is 5.32 Å². The monoisotopic (exact) mass is 287 g/mol. The van der Waals surface area contributed by atoms with Gasteiger partial charge in [-0.25, -0.2) is 18.0 Å². The number of hydrogen-bond donors (Lipinski definition) is 1. The molecule has 6 heteroatoms. The maximum atomic E-state index is 13.3. The van der Waals surface area contributed by atoms with Crippen LogP contribution in [-0.2, 0) is 4.74 Å². The first kappa shape index (κ1) is 16.1. The van der Waals surface area contributed by atoms with Crippen molar-refractivity contribution < 1.29 is 22.7 Å². The van der Waals surface area contributed by atoms with Crippen LogP contribution < -0.4 is 5.32 Å². The summed E-state index contributed by atoms with van der Waals surface area (Å²) in [4.78, 5) is 11.3. The lowest BCUT2D eigenvalue weighted by molar-refractivity contribution is 0.0534. The summed E-state index contributed by atoms with van der Waals surface area (Å²) < 4.78 is 44.4. The molecule has 0 aromatic heterocycles. The summed E-state index contributed by atoms with van der Waals surface area (Å²) in [6.45, 7) is 5.13. The van der Waals surface area contributed by atoms with Crippen LogP contribution in [0.3, 0.4) is 0 Å². The Labute approximate surface area is 115 Å². The molecule has 3 nitrogen and oxygen atoms in total. The fourth-order valence-electron chi connectivity index (χ4n) is 1.33. The van der Waals surface area contributed by atoms with Gasteiger partial charge in [0, 0.05) is 12.1 Å². The number of carbonyl (C=O) groups excluding carboxylic acids is 1. The van der Waals surface area contributed by atoms with Gasteiger partial charge >= 0.3 is 6.09 Å². The maximum absolute atomic E-state index is 13.3. The Morgan fingerprint density at radius 1 is 1.25 bits per heavy atom. The lowest BCUT2D eigenvalue weighted by atomic mass is 10.1. The number of benzene rings is 1. The van der Waals surface area contributed by atoms with Crippen molar-refractivity contribution >= 4 is 12.2 Å². The minimum Gasteiger partial charge on any atom is -0.444 e. The molecule has 20 heavy (non-hydrogen) atoms. The normalized spacial score (nSPS) is 11.7. The summed E-state index contributed by atoms with van der Waals surface area (Å²) >= 11 is 0. The minimum atomic E-state index is -1.27. The molecule has 1 N–H and O–H groups in total. The molecule has 0 unspecified atom stereocenters. The quantitative estimate of drug-likeness (QED) is 0.862. The van der Waals surface area contributed by atoms with E-state index >= 15 is 0 Å². The molecule has 0 aliphatic rings. The first-order valence-corrected chi connectivity index (χ1v) is 5.97. The Balaban J connectivity index is 2.59. The number of nitrogens with one attached hydrogen (secondary N) is 1. The molecule has 0 fully saturated rings. The first-order chi connectivity index (χ1) is 9.20. The van der Waals surface area contributed by atoms with Gasteiger partial charge in [-0.2, -0.15) is 0 Å². The molecule has 1 aromatic carbocycles. The van der Waals surface area contributed by atoms with E-state index in [4.69, 9.17) is 4.74 Å². The molecule has 1 rings (SSSR count). The van der Waals surface area contributed by atoms with Crippen molar-refractivity contribution in [2.24, 2.45) is 0 Å². The molecule has 0 saturated carbocycles. The van der Waals surface area contributed by atoms with Crippen LogP contribution >= 0.6 is 0 Å².